The Morgan fingerprint density at radius 3 is 2.92 bits per heavy atom. The van der Waals surface area contributed by atoms with Crippen LogP contribution in [-0.2, 0) is 7.05 Å². The van der Waals surface area contributed by atoms with Crippen LogP contribution in [0.25, 0.3) is 10.2 Å². The molecular formula is C18H19N5O2S. The number of aryl methyl sites for hydroxylation is 1. The van der Waals surface area contributed by atoms with Gasteiger partial charge >= 0.3 is 0 Å². The molecule has 1 aliphatic heterocycles. The first kappa shape index (κ1) is 16.7. The number of para-hydroxylation sites is 1. The van der Waals surface area contributed by atoms with Gasteiger partial charge in [0.2, 0.25) is 0 Å². The van der Waals surface area contributed by atoms with Crippen molar-refractivity contribution in [2.45, 2.75) is 18.9 Å². The standard InChI is InChI=1S/C18H19N5O2S/c1-22-16(24)9-8-14(21-22)17(25)19-12-5-4-10-23(11-12)18-20-13-6-2-3-7-15(13)26-18/h2-3,6-9,12H,4-5,10-11H2,1H3,(H,19,25). The van der Waals surface area contributed by atoms with Crippen molar-refractivity contribution in [1.82, 2.24) is 20.1 Å². The number of amides is 1. The van der Waals surface area contributed by atoms with E-state index in [0.29, 0.717) is 0 Å². The summed E-state index contributed by atoms with van der Waals surface area (Å²) in [6, 6.07) is 11.0. The zero-order valence-electron chi connectivity index (χ0n) is 14.4. The van der Waals surface area contributed by atoms with Gasteiger partial charge in [-0.2, -0.15) is 5.10 Å². The molecule has 2 aromatic heterocycles. The highest BCUT2D eigenvalue weighted by molar-refractivity contribution is 7.22. The molecule has 1 saturated heterocycles. The van der Waals surface area contributed by atoms with E-state index in [9.17, 15) is 9.59 Å². The molecule has 1 fully saturated rings. The third-order valence-corrected chi connectivity index (χ3v) is 5.60. The number of nitrogens with zero attached hydrogens (tertiary/aromatic N) is 4. The molecule has 134 valence electrons. The van der Waals surface area contributed by atoms with Crippen LogP contribution in [0.3, 0.4) is 0 Å². The molecule has 0 saturated carbocycles. The number of carbonyl (C=O) groups excluding carboxylic acids is 1. The number of fused-ring (bicyclic) bond motifs is 1. The summed E-state index contributed by atoms with van der Waals surface area (Å²) in [6.45, 7) is 1.65. The fraction of sp³-hybridized carbons (Fsp3) is 0.333. The van der Waals surface area contributed by atoms with Crippen LogP contribution in [0.1, 0.15) is 23.3 Å². The molecule has 3 aromatic rings. The second-order valence-electron chi connectivity index (χ2n) is 6.40. The highest BCUT2D eigenvalue weighted by atomic mass is 32.1. The first-order chi connectivity index (χ1) is 12.6. The van der Waals surface area contributed by atoms with Crippen LogP contribution in [0.2, 0.25) is 0 Å². The Labute approximate surface area is 154 Å². The van der Waals surface area contributed by atoms with Gasteiger partial charge in [-0.05, 0) is 31.0 Å². The van der Waals surface area contributed by atoms with E-state index in [1.165, 1.54) is 28.6 Å². The van der Waals surface area contributed by atoms with Gasteiger partial charge in [0, 0.05) is 32.2 Å². The molecule has 0 radical (unpaired) electrons. The molecule has 7 nitrogen and oxygen atoms in total. The molecule has 0 aliphatic carbocycles. The summed E-state index contributed by atoms with van der Waals surface area (Å²) in [4.78, 5) is 30.8. The molecule has 4 rings (SSSR count). The topological polar surface area (TPSA) is 80.1 Å². The van der Waals surface area contributed by atoms with Gasteiger partial charge in [-0.1, -0.05) is 23.5 Å². The predicted octanol–water partition coefficient (Wildman–Crippen LogP) is 1.79. The number of rotatable bonds is 3. The summed E-state index contributed by atoms with van der Waals surface area (Å²) < 4.78 is 2.34. The van der Waals surface area contributed by atoms with Crippen molar-refractivity contribution in [2.24, 2.45) is 7.05 Å². The Balaban J connectivity index is 1.47. The molecule has 0 bridgehead atoms. The Morgan fingerprint density at radius 1 is 1.27 bits per heavy atom. The predicted molar refractivity (Wildman–Crippen MR) is 102 cm³/mol. The second-order valence-corrected chi connectivity index (χ2v) is 7.41. The van der Waals surface area contributed by atoms with E-state index in [0.717, 1.165) is 36.6 Å². The van der Waals surface area contributed by atoms with Crippen LogP contribution >= 0.6 is 11.3 Å². The number of thiazole rings is 1. The van der Waals surface area contributed by atoms with Crippen LogP contribution in [0.4, 0.5) is 5.13 Å². The number of hydrogen-bond donors (Lipinski definition) is 1. The zero-order valence-corrected chi connectivity index (χ0v) is 15.2. The van der Waals surface area contributed by atoms with Crippen LogP contribution in [-0.4, -0.2) is 39.8 Å². The number of carbonyl (C=O) groups is 1. The Bertz CT molecular complexity index is 979. The number of anilines is 1. The summed E-state index contributed by atoms with van der Waals surface area (Å²) >= 11 is 1.68. The molecule has 1 N–H and O–H groups in total. The van der Waals surface area contributed by atoms with Crippen LogP contribution < -0.4 is 15.8 Å². The van der Waals surface area contributed by atoms with Crippen molar-refractivity contribution < 1.29 is 4.79 Å². The van der Waals surface area contributed by atoms with Crippen LogP contribution in [0.15, 0.2) is 41.2 Å². The lowest BCUT2D eigenvalue weighted by Gasteiger charge is -2.32. The largest absolute Gasteiger partial charge is 0.346 e. The molecule has 3 heterocycles. The van der Waals surface area contributed by atoms with Crippen molar-refractivity contribution in [3.05, 3.63) is 52.4 Å². The van der Waals surface area contributed by atoms with Crippen LogP contribution in [0.5, 0.6) is 0 Å². The lowest BCUT2D eigenvalue weighted by molar-refractivity contribution is 0.0925. The normalized spacial score (nSPS) is 17.4. The van der Waals surface area contributed by atoms with Gasteiger partial charge in [0.25, 0.3) is 11.5 Å². The van der Waals surface area contributed by atoms with Gasteiger partial charge in [-0.15, -0.1) is 0 Å². The average molecular weight is 369 g/mol. The van der Waals surface area contributed by atoms with Gasteiger partial charge in [0.05, 0.1) is 10.2 Å². The third kappa shape index (κ3) is 3.32. The maximum absolute atomic E-state index is 12.4. The highest BCUT2D eigenvalue weighted by Crippen LogP contribution is 2.30. The van der Waals surface area contributed by atoms with Gasteiger partial charge < -0.3 is 10.2 Å². The SMILES string of the molecule is Cn1nc(C(=O)NC2CCCN(c3nc4ccccc4s3)C2)ccc1=O. The molecule has 26 heavy (non-hydrogen) atoms. The monoisotopic (exact) mass is 369 g/mol. The summed E-state index contributed by atoms with van der Waals surface area (Å²) in [5.41, 5.74) is 1.03. The van der Waals surface area contributed by atoms with Gasteiger partial charge in [-0.3, -0.25) is 9.59 Å². The van der Waals surface area contributed by atoms with E-state index >= 15 is 0 Å². The van der Waals surface area contributed by atoms with Gasteiger partial charge in [0.15, 0.2) is 5.13 Å². The van der Waals surface area contributed by atoms with E-state index in [1.54, 1.807) is 11.3 Å². The Hall–Kier alpha value is -2.74. The smallest absolute Gasteiger partial charge is 0.272 e. The maximum atomic E-state index is 12.4. The number of aromatic nitrogens is 3. The lowest BCUT2D eigenvalue weighted by Crippen LogP contribution is -2.48. The molecule has 0 spiro atoms. The number of hydrogen-bond acceptors (Lipinski definition) is 6. The number of piperidine rings is 1. The minimum absolute atomic E-state index is 0.0299. The molecular weight excluding hydrogens is 350 g/mol. The van der Waals surface area contributed by atoms with E-state index in [1.807, 2.05) is 18.2 Å². The zero-order chi connectivity index (χ0) is 18.1. The summed E-state index contributed by atoms with van der Waals surface area (Å²) in [5.74, 6) is -0.253. The van der Waals surface area contributed by atoms with Crippen molar-refractivity contribution >= 4 is 32.6 Å². The Morgan fingerprint density at radius 2 is 2.12 bits per heavy atom. The summed E-state index contributed by atoms with van der Waals surface area (Å²) in [5, 5.41) is 8.04. The van der Waals surface area contributed by atoms with Crippen molar-refractivity contribution in [2.75, 3.05) is 18.0 Å². The minimum Gasteiger partial charge on any atom is -0.346 e. The molecule has 1 aliphatic rings. The number of benzene rings is 1. The molecule has 1 atom stereocenters. The first-order valence-electron chi connectivity index (χ1n) is 8.56. The molecule has 1 unspecified atom stereocenters. The van der Waals surface area contributed by atoms with Gasteiger partial charge in [-0.25, -0.2) is 9.67 Å². The molecule has 8 heteroatoms. The summed E-state index contributed by atoms with van der Waals surface area (Å²) in [7, 11) is 1.54. The maximum Gasteiger partial charge on any atom is 0.272 e. The van der Waals surface area contributed by atoms with E-state index in [-0.39, 0.29) is 23.2 Å². The van der Waals surface area contributed by atoms with E-state index in [2.05, 4.69) is 21.4 Å². The molecule has 1 amide bonds. The average Bonchev–Trinajstić information content (AvgIpc) is 3.08. The van der Waals surface area contributed by atoms with Gasteiger partial charge in [0.1, 0.15) is 5.69 Å². The fourth-order valence-electron chi connectivity index (χ4n) is 3.15. The highest BCUT2D eigenvalue weighted by Gasteiger charge is 2.24. The van der Waals surface area contributed by atoms with Crippen molar-refractivity contribution in [3.63, 3.8) is 0 Å². The lowest BCUT2D eigenvalue weighted by atomic mass is 10.1. The van der Waals surface area contributed by atoms with Crippen molar-refractivity contribution in [1.29, 1.82) is 0 Å². The van der Waals surface area contributed by atoms with E-state index in [4.69, 9.17) is 4.98 Å². The van der Waals surface area contributed by atoms with E-state index < -0.39 is 0 Å². The fourth-order valence-corrected chi connectivity index (χ4v) is 4.15. The summed E-state index contributed by atoms with van der Waals surface area (Å²) in [6.07, 6.45) is 1.90. The third-order valence-electron chi connectivity index (χ3n) is 4.50. The Kier molecular flexibility index (Phi) is 4.42. The van der Waals surface area contributed by atoms with Crippen molar-refractivity contribution in [3.8, 4) is 0 Å². The second kappa shape index (κ2) is 6.87. The number of nitrogens with one attached hydrogen (secondary N) is 1. The minimum atomic E-state index is -0.253. The first-order valence-corrected chi connectivity index (χ1v) is 9.37. The molecule has 1 aromatic carbocycles. The quantitative estimate of drug-likeness (QED) is 0.761. The van der Waals surface area contributed by atoms with Crippen LogP contribution in [0, 0.1) is 0 Å².